The van der Waals surface area contributed by atoms with E-state index in [-0.39, 0.29) is 19.4 Å². The van der Waals surface area contributed by atoms with Crippen LogP contribution in [0.1, 0.15) is 26.7 Å². The van der Waals surface area contributed by atoms with Crippen LogP contribution in [0, 0.1) is 11.8 Å². The molecule has 22 heavy (non-hydrogen) atoms. The molecule has 0 aromatic rings. The Labute approximate surface area is 127 Å². The van der Waals surface area contributed by atoms with E-state index in [0.717, 1.165) is 9.80 Å². The van der Waals surface area contributed by atoms with Crippen molar-refractivity contribution in [2.75, 3.05) is 13.7 Å². The second-order valence-electron chi connectivity index (χ2n) is 5.69. The van der Waals surface area contributed by atoms with Crippen molar-refractivity contribution in [2.24, 2.45) is 11.8 Å². The highest BCUT2D eigenvalue weighted by molar-refractivity contribution is 6.12. The number of hydrogen-bond donors (Lipinski definition) is 0. The number of imide groups is 2. The number of likely N-dealkylation sites (tertiary alicyclic amines) is 2. The van der Waals surface area contributed by atoms with E-state index in [4.69, 9.17) is 0 Å². The van der Waals surface area contributed by atoms with Crippen molar-refractivity contribution in [3.8, 4) is 0 Å². The molecular weight excluding hydrogens is 292 g/mol. The van der Waals surface area contributed by atoms with Gasteiger partial charge in [0.2, 0.25) is 17.7 Å². The molecule has 3 unspecified atom stereocenters. The van der Waals surface area contributed by atoms with Gasteiger partial charge in [0.05, 0.1) is 19.4 Å². The molecule has 0 N–H and O–H groups in total. The Hall–Kier alpha value is -2.25. The van der Waals surface area contributed by atoms with Crippen LogP contribution in [0.2, 0.25) is 0 Å². The lowest BCUT2D eigenvalue weighted by atomic mass is 10.1. The summed E-state index contributed by atoms with van der Waals surface area (Å²) in [5, 5.41) is 0. The molecule has 4 amide bonds. The minimum Gasteiger partial charge on any atom is -0.469 e. The fourth-order valence-electron chi connectivity index (χ4n) is 2.74. The number of nitrogens with zero attached hydrogens (tertiary/aromatic N) is 2. The molecule has 2 heterocycles. The summed E-state index contributed by atoms with van der Waals surface area (Å²) >= 11 is 0. The first kappa shape index (κ1) is 16.1. The molecule has 0 bridgehead atoms. The lowest BCUT2D eigenvalue weighted by Gasteiger charge is -2.22. The summed E-state index contributed by atoms with van der Waals surface area (Å²) in [6.07, 6.45) is -0.174. The maximum absolute atomic E-state index is 12.4. The van der Waals surface area contributed by atoms with Crippen LogP contribution in [0.4, 0.5) is 0 Å². The third-order valence-electron chi connectivity index (χ3n) is 4.00. The summed E-state index contributed by atoms with van der Waals surface area (Å²) < 4.78 is 4.56. The van der Waals surface area contributed by atoms with Crippen LogP contribution in [0.5, 0.6) is 0 Å². The van der Waals surface area contributed by atoms with Gasteiger partial charge >= 0.3 is 5.97 Å². The Kier molecular flexibility index (Phi) is 4.30. The van der Waals surface area contributed by atoms with Gasteiger partial charge in [-0.15, -0.1) is 0 Å². The van der Waals surface area contributed by atoms with Gasteiger partial charge in [0.15, 0.2) is 0 Å². The van der Waals surface area contributed by atoms with Gasteiger partial charge in [-0.3, -0.25) is 33.8 Å². The number of esters is 1. The average Bonchev–Trinajstić information content (AvgIpc) is 2.88. The lowest BCUT2D eigenvalue weighted by molar-refractivity contribution is -0.151. The highest BCUT2D eigenvalue weighted by Crippen LogP contribution is 2.27. The molecule has 0 aromatic carbocycles. The minimum atomic E-state index is -1.08. The molecule has 8 nitrogen and oxygen atoms in total. The van der Waals surface area contributed by atoms with Gasteiger partial charge in [0.25, 0.3) is 5.91 Å². The van der Waals surface area contributed by atoms with Crippen molar-refractivity contribution in [3.05, 3.63) is 0 Å². The van der Waals surface area contributed by atoms with Crippen LogP contribution in [0.3, 0.4) is 0 Å². The van der Waals surface area contributed by atoms with Gasteiger partial charge in [-0.25, -0.2) is 0 Å². The van der Waals surface area contributed by atoms with E-state index in [1.807, 2.05) is 0 Å². The fraction of sp³-hybridized carbons (Fsp3) is 0.643. The van der Waals surface area contributed by atoms with E-state index >= 15 is 0 Å². The first-order valence-corrected chi connectivity index (χ1v) is 7.05. The third-order valence-corrected chi connectivity index (χ3v) is 4.00. The lowest BCUT2D eigenvalue weighted by Crippen LogP contribution is -2.46. The summed E-state index contributed by atoms with van der Waals surface area (Å²) in [5.41, 5.74) is 0. The molecule has 8 heteroatoms. The number of ether oxygens (including phenoxy) is 1. The quantitative estimate of drug-likeness (QED) is 0.503. The highest BCUT2D eigenvalue weighted by Gasteiger charge is 2.50. The molecule has 0 radical (unpaired) electrons. The summed E-state index contributed by atoms with van der Waals surface area (Å²) in [6.45, 7) is 3.03. The summed E-state index contributed by atoms with van der Waals surface area (Å²) in [7, 11) is 1.22. The van der Waals surface area contributed by atoms with Gasteiger partial charge in [0.1, 0.15) is 6.04 Å². The van der Waals surface area contributed by atoms with Crippen molar-refractivity contribution >= 4 is 29.6 Å². The molecular formula is C14H18N2O6. The van der Waals surface area contributed by atoms with Crippen LogP contribution < -0.4 is 0 Å². The van der Waals surface area contributed by atoms with Crippen LogP contribution in [-0.4, -0.2) is 59.1 Å². The zero-order valence-electron chi connectivity index (χ0n) is 12.7. The second-order valence-corrected chi connectivity index (χ2v) is 5.69. The molecule has 2 fully saturated rings. The van der Waals surface area contributed by atoms with Gasteiger partial charge in [0, 0.05) is 18.9 Å². The predicted octanol–water partition coefficient (Wildman–Crippen LogP) is -0.682. The van der Waals surface area contributed by atoms with Crippen molar-refractivity contribution in [1.82, 2.24) is 9.80 Å². The number of hydrogen-bond acceptors (Lipinski definition) is 6. The molecule has 0 aromatic heterocycles. The Bertz CT molecular complexity index is 558. The number of rotatable bonds is 4. The topological polar surface area (TPSA) is 101 Å². The molecule has 2 aliphatic heterocycles. The predicted molar refractivity (Wildman–Crippen MR) is 71.9 cm³/mol. The van der Waals surface area contributed by atoms with E-state index in [1.165, 1.54) is 14.0 Å². The molecule has 0 aliphatic carbocycles. The zero-order chi connectivity index (χ0) is 16.6. The van der Waals surface area contributed by atoms with Gasteiger partial charge < -0.3 is 4.74 Å². The Balaban J connectivity index is 2.14. The zero-order valence-corrected chi connectivity index (χ0v) is 12.7. The van der Waals surface area contributed by atoms with E-state index in [9.17, 15) is 24.0 Å². The van der Waals surface area contributed by atoms with Crippen molar-refractivity contribution in [3.63, 3.8) is 0 Å². The highest BCUT2D eigenvalue weighted by atomic mass is 16.5. The first-order chi connectivity index (χ1) is 10.3. The number of amides is 4. The van der Waals surface area contributed by atoms with Gasteiger partial charge in [-0.2, -0.15) is 0 Å². The second kappa shape index (κ2) is 5.86. The molecule has 120 valence electrons. The number of carbonyl (C=O) groups excluding carboxylic acids is 5. The normalized spacial score (nSPS) is 26.9. The maximum atomic E-state index is 12.4. The van der Waals surface area contributed by atoms with Crippen LogP contribution in [0.15, 0.2) is 0 Å². The van der Waals surface area contributed by atoms with Crippen molar-refractivity contribution in [2.45, 2.75) is 32.7 Å². The van der Waals surface area contributed by atoms with Crippen LogP contribution >= 0.6 is 0 Å². The SMILES string of the molecule is COC(=O)C(C)CN1C(=O)CC(N2C(=O)CC(C)C2=O)C1=O. The van der Waals surface area contributed by atoms with E-state index < -0.39 is 47.5 Å². The van der Waals surface area contributed by atoms with Crippen molar-refractivity contribution in [1.29, 1.82) is 0 Å². The van der Waals surface area contributed by atoms with E-state index in [2.05, 4.69) is 4.74 Å². The van der Waals surface area contributed by atoms with Crippen molar-refractivity contribution < 1.29 is 28.7 Å². The van der Waals surface area contributed by atoms with E-state index in [0.29, 0.717) is 0 Å². The Morgan fingerprint density at radius 2 is 1.82 bits per heavy atom. The number of methoxy groups -OCH3 is 1. The van der Waals surface area contributed by atoms with Crippen LogP contribution in [0.25, 0.3) is 0 Å². The molecule has 2 aliphatic rings. The van der Waals surface area contributed by atoms with Gasteiger partial charge in [-0.1, -0.05) is 13.8 Å². The van der Waals surface area contributed by atoms with Crippen LogP contribution in [-0.2, 0) is 28.7 Å². The third kappa shape index (κ3) is 2.60. The average molecular weight is 310 g/mol. The maximum Gasteiger partial charge on any atom is 0.310 e. The fourth-order valence-corrected chi connectivity index (χ4v) is 2.74. The monoisotopic (exact) mass is 310 g/mol. The van der Waals surface area contributed by atoms with Gasteiger partial charge in [-0.05, 0) is 0 Å². The Morgan fingerprint density at radius 3 is 2.32 bits per heavy atom. The number of carbonyl (C=O) groups is 5. The molecule has 0 spiro atoms. The summed E-state index contributed by atoms with van der Waals surface area (Å²) in [4.78, 5) is 61.4. The first-order valence-electron chi connectivity index (χ1n) is 7.05. The molecule has 0 saturated carbocycles. The smallest absolute Gasteiger partial charge is 0.310 e. The van der Waals surface area contributed by atoms with E-state index in [1.54, 1.807) is 6.92 Å². The Morgan fingerprint density at radius 1 is 1.18 bits per heavy atom. The summed E-state index contributed by atoms with van der Waals surface area (Å²) in [5.74, 6) is -3.65. The molecule has 2 saturated heterocycles. The minimum absolute atomic E-state index is 0.0510. The largest absolute Gasteiger partial charge is 0.469 e. The standard InChI is InChI=1S/C14H18N2O6/c1-7-4-11(18)16(12(7)19)9-5-10(17)15(13(9)20)6-8(2)14(21)22-3/h7-9H,4-6H2,1-3H3. The molecule has 3 atom stereocenters. The molecule has 2 rings (SSSR count). The summed E-state index contributed by atoms with van der Waals surface area (Å²) in [6, 6.07) is -1.08.